The van der Waals surface area contributed by atoms with E-state index in [1.807, 2.05) is 292 Å². The second-order valence-corrected chi connectivity index (χ2v) is 36.3. The molecule has 0 unspecified atom stereocenters. The van der Waals surface area contributed by atoms with Crippen molar-refractivity contribution >= 4 is 208 Å². The smallest absolute Gasteiger partial charge is 0.318 e. The van der Waals surface area contributed by atoms with Crippen molar-refractivity contribution in [3.63, 3.8) is 0 Å². The number of carbonyl (C=O) groups excluding carboxylic acids is 1. The third kappa shape index (κ3) is 23.8. The number of sulfone groups is 1. The Bertz CT molecular complexity index is 8360. The third-order valence-electron chi connectivity index (χ3n) is 22.2. The van der Waals surface area contributed by atoms with Gasteiger partial charge in [0.2, 0.25) is 11.8 Å². The van der Waals surface area contributed by atoms with Gasteiger partial charge in [-0.15, -0.1) is 10.2 Å². The summed E-state index contributed by atoms with van der Waals surface area (Å²) in [4.78, 5) is 49.5. The number of hydrogen-bond acceptors (Lipinski definition) is 20. The summed E-state index contributed by atoms with van der Waals surface area (Å²) in [6.45, 7) is 0. The van der Waals surface area contributed by atoms with Gasteiger partial charge in [-0.3, -0.25) is 24.9 Å². The van der Waals surface area contributed by atoms with Gasteiger partial charge in [-0.05, 0) is 268 Å². The van der Waals surface area contributed by atoms with Crippen molar-refractivity contribution in [1.29, 1.82) is 0 Å². The number of nitrogens with zero attached hydrogens (tertiary/aromatic N) is 11. The highest BCUT2D eigenvalue weighted by Crippen LogP contribution is 2.39. The van der Waals surface area contributed by atoms with Crippen LogP contribution in [0.2, 0.25) is 25.1 Å². The molecule has 0 bridgehead atoms. The molecule has 22 rings (SSSR count). The van der Waals surface area contributed by atoms with Gasteiger partial charge in [-0.1, -0.05) is 173 Å². The van der Waals surface area contributed by atoms with Crippen LogP contribution in [0, 0.1) is 0 Å². The van der Waals surface area contributed by atoms with E-state index in [4.69, 9.17) is 63.7 Å². The van der Waals surface area contributed by atoms with E-state index < -0.39 is 9.84 Å². The second-order valence-electron chi connectivity index (χ2n) is 32.0. The number of nitrogen functional groups attached to an aromatic ring is 1. The van der Waals surface area contributed by atoms with E-state index >= 15 is 0 Å². The van der Waals surface area contributed by atoms with Crippen LogP contribution in [0.25, 0.3) is 133 Å². The fourth-order valence-corrected chi connectivity index (χ4v) is 17.3. The number of aromatic amines is 2. The normalized spacial score (nSPS) is 11.0. The van der Waals surface area contributed by atoms with Crippen LogP contribution < -0.4 is 43.0 Å². The Morgan fingerprint density at radius 2 is 0.683 bits per heavy atom. The molecule has 9 aromatic heterocycles. The van der Waals surface area contributed by atoms with Gasteiger partial charge < -0.3 is 47.9 Å². The van der Waals surface area contributed by atoms with Crippen molar-refractivity contribution in [3.8, 4) is 67.0 Å². The molecule has 9 heterocycles. The zero-order valence-electron chi connectivity index (χ0n) is 74.1. The van der Waals surface area contributed by atoms with Crippen LogP contribution in [0.4, 0.5) is 73.3 Å². The number of urea groups is 1. The van der Waals surface area contributed by atoms with E-state index in [0.717, 1.165) is 195 Å². The molecule has 24 nitrogen and oxygen atoms in total. The summed E-state index contributed by atoms with van der Waals surface area (Å²) in [5, 5.41) is 46.2. The van der Waals surface area contributed by atoms with Gasteiger partial charge in [0.1, 0.15) is 5.65 Å². The maximum absolute atomic E-state index is 11.6. The van der Waals surface area contributed by atoms with Crippen molar-refractivity contribution in [2.24, 2.45) is 0 Å². The van der Waals surface area contributed by atoms with Crippen LogP contribution in [0.1, 0.15) is 5.56 Å². The van der Waals surface area contributed by atoms with Gasteiger partial charge in [-0.2, -0.15) is 5.21 Å². The number of pyridine rings is 6. The predicted molar refractivity (Wildman–Crippen MR) is 569 cm³/mol. The molecule has 0 radical (unpaired) electrons. The Kier molecular flexibility index (Phi) is 28.6. The fourth-order valence-electron chi connectivity index (χ4n) is 15.6. The summed E-state index contributed by atoms with van der Waals surface area (Å²) in [6.07, 6.45) is 17.4. The number of carbonyl (C=O) groups is 1. The number of H-pyrrole nitrogens is 2. The first kappa shape index (κ1) is 92.7. The number of benzene rings is 13. The zero-order chi connectivity index (χ0) is 95.7. The summed E-state index contributed by atoms with van der Waals surface area (Å²) in [5.74, 6) is 0.851. The molecule has 0 saturated heterocycles. The Balaban J connectivity index is 0.000000115. The van der Waals surface area contributed by atoms with Crippen molar-refractivity contribution in [1.82, 2.24) is 70.8 Å². The molecule has 0 aliphatic heterocycles. The third-order valence-corrected chi connectivity index (χ3v) is 24.2. The molecule has 0 saturated carbocycles. The lowest BCUT2D eigenvalue weighted by molar-refractivity contribution is 0.254. The van der Waals surface area contributed by atoms with Gasteiger partial charge in [0.15, 0.2) is 9.84 Å². The SMILES string of the molecule is CNC(=O)Nc1ccc(-c2ccc3nccc(Nc4cccc(Cl)c4)c3c2)cc1.CS(=O)(=O)Cc1cccc(-c2ccc3nccc(Nc4cccc(Cl)c4)c3c2)c1.Clc1cccc(Nc2ccnc3ccc(-c4cccc(-c5nn[nH]n5)c4)cc23)c1.Clc1cccc(Nc2ccnc3ccc(-c4cnc5[nH]ccc5c4)cc23)c1.Nc1ncc(-c2ccc3nccc(Nc4cccc(Cl)c4)c3c2)cn1. The average Bonchev–Trinajstić information content (AvgIpc) is 1.80. The highest BCUT2D eigenvalue weighted by Gasteiger charge is 2.17. The molecule has 0 aliphatic rings. The summed E-state index contributed by atoms with van der Waals surface area (Å²) in [6, 6.07) is 106. The fraction of sp³-hybridized carbons (Fsp3) is 0.0275. The van der Waals surface area contributed by atoms with E-state index in [2.05, 4.69) is 157 Å². The molecule has 13 aromatic carbocycles. The van der Waals surface area contributed by atoms with Crippen molar-refractivity contribution in [2.75, 3.05) is 50.9 Å². The van der Waals surface area contributed by atoms with Crippen molar-refractivity contribution < 1.29 is 13.2 Å². The molecule has 682 valence electrons. The zero-order valence-corrected chi connectivity index (χ0v) is 78.7. The molecule has 11 N–H and O–H groups in total. The first-order valence-corrected chi connectivity index (χ1v) is 47.4. The Morgan fingerprint density at radius 3 is 1.06 bits per heavy atom. The second kappa shape index (κ2) is 42.8. The molecular formula is C109H82Cl5N21O3S. The molecular weight excluding hydrogens is 1860 g/mol. The minimum Gasteiger partial charge on any atom is -0.368 e. The van der Waals surface area contributed by atoms with E-state index in [0.29, 0.717) is 30.9 Å². The van der Waals surface area contributed by atoms with Crippen LogP contribution in [0.5, 0.6) is 0 Å². The number of fused-ring (bicyclic) bond motifs is 6. The molecule has 139 heavy (non-hydrogen) atoms. The van der Waals surface area contributed by atoms with Gasteiger partial charge >= 0.3 is 6.03 Å². The lowest BCUT2D eigenvalue weighted by atomic mass is 10.0. The maximum atomic E-state index is 11.6. The van der Waals surface area contributed by atoms with E-state index in [1.165, 1.54) is 6.26 Å². The van der Waals surface area contributed by atoms with E-state index in [1.54, 1.807) is 44.2 Å². The number of aromatic nitrogens is 13. The number of hydrogen-bond donors (Lipinski definition) is 10. The number of rotatable bonds is 19. The molecule has 0 atom stereocenters. The number of tetrazole rings is 1. The Labute approximate surface area is 823 Å². The minimum atomic E-state index is -3.09. The van der Waals surface area contributed by atoms with Crippen molar-refractivity contribution in [3.05, 3.63) is 414 Å². The van der Waals surface area contributed by atoms with Gasteiger partial charge in [0, 0.05) is 206 Å². The summed E-state index contributed by atoms with van der Waals surface area (Å²) in [7, 11) is -1.50. The van der Waals surface area contributed by atoms with E-state index in [9.17, 15) is 13.2 Å². The summed E-state index contributed by atoms with van der Waals surface area (Å²) < 4.78 is 23.3. The first-order valence-electron chi connectivity index (χ1n) is 43.5. The van der Waals surface area contributed by atoms with Crippen LogP contribution in [0.3, 0.4) is 0 Å². The van der Waals surface area contributed by atoms with Crippen LogP contribution >= 0.6 is 58.0 Å². The monoisotopic (exact) mass is 1940 g/mol. The molecule has 0 aliphatic carbocycles. The minimum absolute atomic E-state index is 0.0253. The topological polar surface area (TPSA) is 335 Å². The summed E-state index contributed by atoms with van der Waals surface area (Å²) in [5.41, 5.74) is 33.0. The van der Waals surface area contributed by atoms with Crippen LogP contribution in [0.15, 0.2) is 383 Å². The quantitative estimate of drug-likeness (QED) is 0.0359. The number of nitrogens with two attached hydrogens (primary N) is 1. The van der Waals surface area contributed by atoms with Crippen LogP contribution in [-0.4, -0.2) is 93.2 Å². The molecule has 2 amide bonds. The van der Waals surface area contributed by atoms with Crippen LogP contribution in [-0.2, 0) is 15.6 Å². The molecule has 0 spiro atoms. The summed E-state index contributed by atoms with van der Waals surface area (Å²) >= 11 is 30.5. The molecule has 30 heteroatoms. The van der Waals surface area contributed by atoms with Gasteiger partial charge in [0.25, 0.3) is 0 Å². The maximum Gasteiger partial charge on any atom is 0.318 e. The first-order chi connectivity index (χ1) is 67.7. The molecule has 22 aromatic rings. The standard InChI is InChI=1S/C23H19ClN4O.C23H19ClN2O2S.C22H15ClN6.C22H15ClN4.C19H14ClN5/c1-25-23(29)28-18-8-5-15(6-9-18)16-7-10-21-20(13-16)22(11-12-26-21)27-19-4-2-3-17(24)14-19;1-29(27,28)15-16-4-2-5-17(12-16)18-8-9-22-21(13-18)23(10-11-25-22)26-20-7-3-6-19(24)14-20;23-17-5-2-6-18(13-17)25-21-9-10-24-20-8-7-15(12-19(20)21)14-3-1-4-16(11-14)22-26-28-29-27-22;23-17-2-1-3-18(12-17)27-21-7-9-24-20-5-4-14(11-19(20)21)16-10-15-6-8-25-22(15)26-13-16;20-14-2-1-3-15(9-14)25-18-6-7-22-17-5-4-12(8-16(17)18)13-10-23-19(21)24-11-13/h2-14H,1H3,(H,26,27)(H2,25,28,29);2-14H,15H2,1H3,(H,25,26);1-13H,(H,24,25)(H,26,27,28,29);1-13H,(H,24,27)(H,25,26);1-11H,(H,22,25)(H2,21,23,24). The number of halogens is 5. The molecule has 0 fully saturated rings. The highest BCUT2D eigenvalue weighted by atomic mass is 35.5. The largest absolute Gasteiger partial charge is 0.368 e. The lowest BCUT2D eigenvalue weighted by Crippen LogP contribution is -2.24. The predicted octanol–water partition coefficient (Wildman–Crippen LogP) is 28.2. The Morgan fingerprint density at radius 1 is 0.338 bits per heavy atom. The number of amides is 2. The van der Waals surface area contributed by atoms with Gasteiger partial charge in [0.05, 0.1) is 33.3 Å². The van der Waals surface area contributed by atoms with Gasteiger partial charge in [-0.25, -0.2) is 28.2 Å². The number of nitrogens with one attached hydrogen (secondary N) is 9. The number of anilines is 12. The lowest BCUT2D eigenvalue weighted by Gasteiger charge is -2.12. The highest BCUT2D eigenvalue weighted by molar-refractivity contribution is 7.89. The van der Waals surface area contributed by atoms with Crippen molar-refractivity contribution in [2.45, 2.75) is 5.75 Å². The average molecular weight is 1940 g/mol. The Hall–Kier alpha value is -16.8. The van der Waals surface area contributed by atoms with E-state index in [-0.39, 0.29) is 17.7 Å².